The van der Waals surface area contributed by atoms with Crippen LogP contribution in [0.3, 0.4) is 0 Å². The fourth-order valence-corrected chi connectivity index (χ4v) is 5.22. The van der Waals surface area contributed by atoms with Gasteiger partial charge in [-0.25, -0.2) is 9.78 Å². The summed E-state index contributed by atoms with van der Waals surface area (Å²) in [6.07, 6.45) is -2.06. The molecule has 6 nitrogen and oxygen atoms in total. The molecular formula is C27H27F3N4O2. The van der Waals surface area contributed by atoms with Gasteiger partial charge in [-0.3, -0.25) is 4.90 Å². The van der Waals surface area contributed by atoms with Gasteiger partial charge in [0.05, 0.1) is 30.9 Å². The van der Waals surface area contributed by atoms with E-state index in [4.69, 9.17) is 4.74 Å². The van der Waals surface area contributed by atoms with Crippen LogP contribution in [0.15, 0.2) is 60.8 Å². The second kappa shape index (κ2) is 9.37. The van der Waals surface area contributed by atoms with Crippen molar-refractivity contribution in [3.63, 3.8) is 0 Å². The van der Waals surface area contributed by atoms with E-state index in [9.17, 15) is 18.0 Å². The van der Waals surface area contributed by atoms with Crippen LogP contribution < -0.4 is 14.5 Å². The standard InChI is InChI=1S/C27H27F3N4O2/c1-18-11-13-31-25(36-2)24(18)32-14-12-21(17-32)33-16-20-8-4-6-10-23(20)34(26(33)35)15-19-7-3-5-9-22(19)27(28,29)30/h3-11,13,21H,12,14-17H2,1-2H3/t21-/m1/s1. The summed E-state index contributed by atoms with van der Waals surface area (Å²) in [6.45, 7) is 3.55. The van der Waals surface area contributed by atoms with Crippen LogP contribution in [0.25, 0.3) is 0 Å². The fourth-order valence-electron chi connectivity index (χ4n) is 5.22. The number of carbonyl (C=O) groups is 1. The second-order valence-electron chi connectivity index (χ2n) is 9.15. The number of halogens is 3. The molecular weight excluding hydrogens is 469 g/mol. The van der Waals surface area contributed by atoms with Crippen LogP contribution >= 0.6 is 0 Å². The van der Waals surface area contributed by atoms with Gasteiger partial charge in [-0.2, -0.15) is 13.2 Å². The largest absolute Gasteiger partial charge is 0.480 e. The Bertz CT molecular complexity index is 1280. The van der Waals surface area contributed by atoms with Gasteiger partial charge in [0.2, 0.25) is 5.88 Å². The van der Waals surface area contributed by atoms with E-state index in [2.05, 4.69) is 9.88 Å². The Labute approximate surface area is 207 Å². The van der Waals surface area contributed by atoms with Crippen molar-refractivity contribution in [3.05, 3.63) is 83.0 Å². The van der Waals surface area contributed by atoms with Gasteiger partial charge in [-0.15, -0.1) is 0 Å². The molecule has 1 atom stereocenters. The number of nitrogens with zero attached hydrogens (tertiary/aromatic N) is 4. The molecule has 3 heterocycles. The first-order valence-corrected chi connectivity index (χ1v) is 11.8. The molecule has 2 aliphatic rings. The van der Waals surface area contributed by atoms with Gasteiger partial charge in [-0.05, 0) is 48.2 Å². The van der Waals surface area contributed by atoms with E-state index < -0.39 is 11.7 Å². The van der Waals surface area contributed by atoms with Crippen molar-refractivity contribution in [2.45, 2.75) is 38.7 Å². The fraction of sp³-hybridized carbons (Fsp3) is 0.333. The van der Waals surface area contributed by atoms with E-state index in [0.717, 1.165) is 35.8 Å². The number of alkyl halides is 3. The number of aromatic nitrogens is 1. The van der Waals surface area contributed by atoms with Crippen LogP contribution in [0.4, 0.5) is 29.3 Å². The smallest absolute Gasteiger partial charge is 0.416 e. The maximum absolute atomic E-state index is 13.8. The number of ether oxygens (including phenoxy) is 1. The predicted octanol–water partition coefficient (Wildman–Crippen LogP) is 5.64. The van der Waals surface area contributed by atoms with Crippen molar-refractivity contribution in [3.8, 4) is 5.88 Å². The minimum Gasteiger partial charge on any atom is -0.480 e. The first-order valence-electron chi connectivity index (χ1n) is 11.8. The molecule has 0 spiro atoms. The Morgan fingerprint density at radius 2 is 1.83 bits per heavy atom. The average Bonchev–Trinajstić information content (AvgIpc) is 3.34. The third-order valence-electron chi connectivity index (χ3n) is 6.96. The number of benzene rings is 2. The summed E-state index contributed by atoms with van der Waals surface area (Å²) in [5.41, 5.74) is 2.84. The molecule has 3 aromatic rings. The van der Waals surface area contributed by atoms with Gasteiger partial charge in [0.25, 0.3) is 0 Å². The Hall–Kier alpha value is -3.75. The number of hydrogen-bond donors (Lipinski definition) is 0. The normalized spacial score (nSPS) is 18.0. The van der Waals surface area contributed by atoms with Crippen LogP contribution in [0, 0.1) is 6.92 Å². The summed E-state index contributed by atoms with van der Waals surface area (Å²) < 4.78 is 46.5. The molecule has 0 unspecified atom stereocenters. The number of amides is 2. The summed E-state index contributed by atoms with van der Waals surface area (Å²) in [7, 11) is 1.58. The van der Waals surface area contributed by atoms with Gasteiger partial charge in [-0.1, -0.05) is 36.4 Å². The summed E-state index contributed by atoms with van der Waals surface area (Å²) >= 11 is 0. The molecule has 9 heteroatoms. The number of pyridine rings is 1. The molecule has 5 rings (SSSR count). The maximum Gasteiger partial charge on any atom is 0.416 e. The number of carbonyl (C=O) groups excluding carboxylic acids is 1. The van der Waals surface area contributed by atoms with Crippen LogP contribution in [0.1, 0.15) is 28.7 Å². The van der Waals surface area contributed by atoms with Crippen LogP contribution in [-0.2, 0) is 19.3 Å². The Kier molecular flexibility index (Phi) is 6.24. The molecule has 1 aromatic heterocycles. The van der Waals surface area contributed by atoms with Crippen molar-refractivity contribution in [1.82, 2.24) is 9.88 Å². The van der Waals surface area contributed by atoms with Crippen molar-refractivity contribution in [2.24, 2.45) is 0 Å². The lowest BCUT2D eigenvalue weighted by Crippen LogP contribution is -2.52. The number of hydrogen-bond acceptors (Lipinski definition) is 4. The van der Waals surface area contributed by atoms with Crippen LogP contribution in [0.5, 0.6) is 5.88 Å². The van der Waals surface area contributed by atoms with E-state index in [1.54, 1.807) is 36.4 Å². The van der Waals surface area contributed by atoms with Gasteiger partial charge < -0.3 is 14.5 Å². The first kappa shape index (κ1) is 24.0. The van der Waals surface area contributed by atoms with E-state index in [1.165, 1.54) is 17.0 Å². The van der Waals surface area contributed by atoms with Gasteiger partial charge in [0, 0.05) is 25.8 Å². The van der Waals surface area contributed by atoms with Crippen LogP contribution in [-0.4, -0.2) is 42.2 Å². The Morgan fingerprint density at radius 1 is 1.08 bits per heavy atom. The van der Waals surface area contributed by atoms with Crippen molar-refractivity contribution < 1.29 is 22.7 Å². The third kappa shape index (κ3) is 4.34. The molecule has 0 aliphatic carbocycles. The van der Waals surface area contributed by atoms with Crippen molar-refractivity contribution in [2.75, 3.05) is 30.0 Å². The summed E-state index contributed by atoms with van der Waals surface area (Å²) in [5.74, 6) is 0.538. The molecule has 0 saturated carbocycles. The summed E-state index contributed by atoms with van der Waals surface area (Å²) in [6, 6.07) is 14.4. The zero-order chi connectivity index (χ0) is 25.4. The topological polar surface area (TPSA) is 48.9 Å². The number of urea groups is 1. The van der Waals surface area contributed by atoms with E-state index in [-0.39, 0.29) is 24.2 Å². The molecule has 0 radical (unpaired) electrons. The number of rotatable bonds is 5. The zero-order valence-corrected chi connectivity index (χ0v) is 20.1. The molecule has 1 saturated heterocycles. The SMILES string of the molecule is COc1nccc(C)c1N1CC[C@@H](N2Cc3ccccc3N(Cc3ccccc3C(F)(F)F)C2=O)C1. The van der Waals surface area contributed by atoms with Crippen molar-refractivity contribution >= 4 is 17.4 Å². The average molecular weight is 497 g/mol. The highest BCUT2D eigenvalue weighted by molar-refractivity contribution is 5.95. The molecule has 0 bridgehead atoms. The molecule has 2 aromatic carbocycles. The Morgan fingerprint density at radius 3 is 2.61 bits per heavy atom. The number of fused-ring (bicyclic) bond motifs is 1. The van der Waals surface area contributed by atoms with Crippen molar-refractivity contribution in [1.29, 1.82) is 0 Å². The Balaban J connectivity index is 1.45. The van der Waals surface area contributed by atoms with Gasteiger partial charge in [0.1, 0.15) is 5.69 Å². The second-order valence-corrected chi connectivity index (χ2v) is 9.15. The monoisotopic (exact) mass is 496 g/mol. The number of anilines is 2. The summed E-state index contributed by atoms with van der Waals surface area (Å²) in [5, 5.41) is 0. The highest BCUT2D eigenvalue weighted by Gasteiger charge is 2.40. The molecule has 1 fully saturated rings. The number of methoxy groups -OCH3 is 1. The zero-order valence-electron chi connectivity index (χ0n) is 20.1. The lowest BCUT2D eigenvalue weighted by molar-refractivity contribution is -0.138. The molecule has 36 heavy (non-hydrogen) atoms. The third-order valence-corrected chi connectivity index (χ3v) is 6.96. The lowest BCUT2D eigenvalue weighted by atomic mass is 10.0. The van der Waals surface area contributed by atoms with E-state index in [1.807, 2.05) is 25.1 Å². The quantitative estimate of drug-likeness (QED) is 0.459. The van der Waals surface area contributed by atoms with Gasteiger partial charge in [0.15, 0.2) is 0 Å². The maximum atomic E-state index is 13.8. The number of aryl methyl sites for hydroxylation is 1. The van der Waals surface area contributed by atoms with E-state index in [0.29, 0.717) is 24.7 Å². The van der Waals surface area contributed by atoms with Crippen LogP contribution in [0.2, 0.25) is 0 Å². The molecule has 188 valence electrons. The van der Waals surface area contributed by atoms with Gasteiger partial charge >= 0.3 is 12.2 Å². The molecule has 2 amide bonds. The number of para-hydroxylation sites is 1. The molecule has 0 N–H and O–H groups in total. The lowest BCUT2D eigenvalue weighted by Gasteiger charge is -2.40. The van der Waals surface area contributed by atoms with E-state index >= 15 is 0 Å². The first-order chi connectivity index (χ1) is 17.3. The minimum atomic E-state index is -4.50. The highest BCUT2D eigenvalue weighted by atomic mass is 19.4. The predicted molar refractivity (Wildman–Crippen MR) is 131 cm³/mol. The molecule has 2 aliphatic heterocycles. The summed E-state index contributed by atoms with van der Waals surface area (Å²) in [4.78, 5) is 23.5. The minimum absolute atomic E-state index is 0.0683. The highest BCUT2D eigenvalue weighted by Crippen LogP contribution is 2.38.